The summed E-state index contributed by atoms with van der Waals surface area (Å²) in [5.74, 6) is 0.190. The first-order valence-electron chi connectivity index (χ1n) is 8.19. The van der Waals surface area contributed by atoms with Gasteiger partial charge in [0.1, 0.15) is 0 Å². The van der Waals surface area contributed by atoms with Gasteiger partial charge in [0.2, 0.25) is 5.91 Å². The second kappa shape index (κ2) is 7.65. The van der Waals surface area contributed by atoms with Crippen molar-refractivity contribution in [3.8, 4) is 11.5 Å². The molecule has 2 aromatic carbocycles. The summed E-state index contributed by atoms with van der Waals surface area (Å²) in [5, 5.41) is 23.2. The van der Waals surface area contributed by atoms with Crippen LogP contribution in [0, 0.1) is 0 Å². The van der Waals surface area contributed by atoms with Crippen molar-refractivity contribution in [2.24, 2.45) is 0 Å². The third-order valence-electron chi connectivity index (χ3n) is 4.10. The van der Waals surface area contributed by atoms with Crippen LogP contribution in [0.3, 0.4) is 0 Å². The van der Waals surface area contributed by atoms with Crippen LogP contribution in [0.4, 0.5) is 0 Å². The fourth-order valence-electron chi connectivity index (χ4n) is 2.78. The molecule has 0 saturated carbocycles. The van der Waals surface area contributed by atoms with Crippen molar-refractivity contribution in [2.45, 2.75) is 6.42 Å². The SMILES string of the molecule is COc1cc(C=CC(=O)NCCc2cn(O)c3ccccc23)ccc1O. The number of nitrogens with zero attached hydrogens (tertiary/aromatic N) is 1. The summed E-state index contributed by atoms with van der Waals surface area (Å²) in [6, 6.07) is 12.4. The van der Waals surface area contributed by atoms with Gasteiger partial charge in [-0.1, -0.05) is 24.3 Å². The molecule has 6 heteroatoms. The lowest BCUT2D eigenvalue weighted by molar-refractivity contribution is -0.116. The number of para-hydroxylation sites is 1. The average molecular weight is 352 g/mol. The van der Waals surface area contributed by atoms with Gasteiger partial charge in [0.25, 0.3) is 0 Å². The first-order chi connectivity index (χ1) is 12.6. The number of hydrogen-bond donors (Lipinski definition) is 3. The molecule has 0 aliphatic heterocycles. The molecule has 1 aromatic heterocycles. The molecule has 0 bridgehead atoms. The van der Waals surface area contributed by atoms with Gasteiger partial charge in [-0.25, -0.2) is 0 Å². The highest BCUT2D eigenvalue weighted by atomic mass is 16.5. The fraction of sp³-hybridized carbons (Fsp3) is 0.150. The van der Waals surface area contributed by atoms with E-state index in [0.717, 1.165) is 26.8 Å². The van der Waals surface area contributed by atoms with Crippen LogP contribution in [0.1, 0.15) is 11.1 Å². The fourth-order valence-corrected chi connectivity index (χ4v) is 2.78. The number of ether oxygens (including phenoxy) is 1. The van der Waals surface area contributed by atoms with Gasteiger partial charge < -0.3 is 20.4 Å². The molecule has 0 spiro atoms. The van der Waals surface area contributed by atoms with E-state index in [0.29, 0.717) is 18.7 Å². The average Bonchev–Trinajstić information content (AvgIpc) is 2.97. The Labute approximate surface area is 150 Å². The molecule has 3 aromatic rings. The molecule has 0 fully saturated rings. The zero-order valence-electron chi connectivity index (χ0n) is 14.3. The molecule has 1 heterocycles. The largest absolute Gasteiger partial charge is 0.504 e. The Morgan fingerprint density at radius 1 is 1.27 bits per heavy atom. The standard InChI is InChI=1S/C20H20N2O4/c1-26-19-12-14(6-8-18(19)23)7-9-20(24)21-11-10-15-13-22(25)17-5-3-2-4-16(15)17/h2-9,12-13,23,25H,10-11H2,1H3,(H,21,24). The molecule has 0 saturated heterocycles. The highest BCUT2D eigenvalue weighted by Crippen LogP contribution is 2.26. The van der Waals surface area contributed by atoms with E-state index in [1.54, 1.807) is 24.4 Å². The summed E-state index contributed by atoms with van der Waals surface area (Å²) in [7, 11) is 1.47. The molecule has 0 unspecified atom stereocenters. The Balaban J connectivity index is 1.57. The van der Waals surface area contributed by atoms with E-state index in [1.165, 1.54) is 19.3 Å². The predicted octanol–water partition coefficient (Wildman–Crippen LogP) is 2.96. The van der Waals surface area contributed by atoms with Gasteiger partial charge in [0.15, 0.2) is 11.5 Å². The second-order valence-electron chi connectivity index (χ2n) is 5.82. The van der Waals surface area contributed by atoms with Crippen molar-refractivity contribution in [1.29, 1.82) is 0 Å². The summed E-state index contributed by atoms with van der Waals surface area (Å²) in [4.78, 5) is 12.0. The quantitative estimate of drug-likeness (QED) is 0.470. The van der Waals surface area contributed by atoms with Crippen molar-refractivity contribution >= 4 is 22.9 Å². The summed E-state index contributed by atoms with van der Waals surface area (Å²) < 4.78 is 6.14. The minimum Gasteiger partial charge on any atom is -0.504 e. The molecule has 3 rings (SSSR count). The van der Waals surface area contributed by atoms with E-state index >= 15 is 0 Å². The molecular weight excluding hydrogens is 332 g/mol. The van der Waals surface area contributed by atoms with Gasteiger partial charge in [0, 0.05) is 24.2 Å². The van der Waals surface area contributed by atoms with E-state index in [4.69, 9.17) is 4.74 Å². The summed E-state index contributed by atoms with van der Waals surface area (Å²) in [6.07, 6.45) is 5.36. The summed E-state index contributed by atoms with van der Waals surface area (Å²) in [5.41, 5.74) is 2.46. The third kappa shape index (κ3) is 3.80. The molecular formula is C20H20N2O4. The number of fused-ring (bicyclic) bond motifs is 1. The predicted molar refractivity (Wildman–Crippen MR) is 99.5 cm³/mol. The molecule has 26 heavy (non-hydrogen) atoms. The number of phenols is 1. The molecule has 1 amide bonds. The summed E-state index contributed by atoms with van der Waals surface area (Å²) in [6.45, 7) is 0.454. The smallest absolute Gasteiger partial charge is 0.244 e. The van der Waals surface area contributed by atoms with Crippen LogP contribution < -0.4 is 10.1 Å². The Hall–Kier alpha value is -3.41. The van der Waals surface area contributed by atoms with Gasteiger partial charge in [-0.3, -0.25) is 4.79 Å². The minimum absolute atomic E-state index is 0.0529. The van der Waals surface area contributed by atoms with E-state index in [-0.39, 0.29) is 11.7 Å². The molecule has 0 aliphatic rings. The van der Waals surface area contributed by atoms with Crippen molar-refractivity contribution < 1.29 is 19.8 Å². The van der Waals surface area contributed by atoms with Crippen molar-refractivity contribution in [3.05, 3.63) is 65.9 Å². The number of benzene rings is 2. The van der Waals surface area contributed by atoms with Crippen molar-refractivity contribution in [2.75, 3.05) is 13.7 Å². The van der Waals surface area contributed by atoms with Crippen molar-refractivity contribution in [3.63, 3.8) is 0 Å². The van der Waals surface area contributed by atoms with Crippen LogP contribution in [0.25, 0.3) is 17.0 Å². The van der Waals surface area contributed by atoms with Gasteiger partial charge >= 0.3 is 0 Å². The zero-order valence-corrected chi connectivity index (χ0v) is 14.3. The highest BCUT2D eigenvalue weighted by molar-refractivity contribution is 5.91. The Morgan fingerprint density at radius 3 is 2.88 bits per heavy atom. The van der Waals surface area contributed by atoms with Gasteiger partial charge in [-0.15, -0.1) is 0 Å². The number of methoxy groups -OCH3 is 1. The Morgan fingerprint density at radius 2 is 2.08 bits per heavy atom. The van der Waals surface area contributed by atoms with Crippen LogP contribution in [-0.2, 0) is 11.2 Å². The van der Waals surface area contributed by atoms with Crippen LogP contribution in [-0.4, -0.2) is 34.6 Å². The lowest BCUT2D eigenvalue weighted by Gasteiger charge is -2.04. The first kappa shape index (κ1) is 17.4. The van der Waals surface area contributed by atoms with Gasteiger partial charge in [-0.2, -0.15) is 4.73 Å². The topological polar surface area (TPSA) is 83.7 Å². The molecule has 0 atom stereocenters. The molecule has 6 nitrogen and oxygen atoms in total. The maximum atomic E-state index is 12.0. The molecule has 3 N–H and O–H groups in total. The number of nitrogens with one attached hydrogen (secondary N) is 1. The monoisotopic (exact) mass is 352 g/mol. The highest BCUT2D eigenvalue weighted by Gasteiger charge is 2.07. The number of rotatable bonds is 6. The van der Waals surface area contributed by atoms with E-state index in [1.807, 2.05) is 24.3 Å². The maximum Gasteiger partial charge on any atom is 0.244 e. The number of aromatic nitrogens is 1. The van der Waals surface area contributed by atoms with Gasteiger partial charge in [-0.05, 0) is 41.8 Å². The van der Waals surface area contributed by atoms with Gasteiger partial charge in [0.05, 0.1) is 12.6 Å². The van der Waals surface area contributed by atoms with Crippen LogP contribution >= 0.6 is 0 Å². The number of hydrogen-bond acceptors (Lipinski definition) is 4. The number of amides is 1. The third-order valence-corrected chi connectivity index (χ3v) is 4.10. The number of aromatic hydroxyl groups is 1. The Kier molecular flexibility index (Phi) is 5.12. The number of carbonyl (C=O) groups excluding carboxylic acids is 1. The molecule has 0 radical (unpaired) electrons. The second-order valence-corrected chi connectivity index (χ2v) is 5.82. The maximum absolute atomic E-state index is 12.0. The number of phenolic OH excluding ortho intramolecular Hbond substituents is 1. The molecule has 134 valence electrons. The Bertz CT molecular complexity index is 960. The van der Waals surface area contributed by atoms with Crippen LogP contribution in [0.2, 0.25) is 0 Å². The van der Waals surface area contributed by atoms with Crippen molar-refractivity contribution in [1.82, 2.24) is 10.0 Å². The van der Waals surface area contributed by atoms with Crippen LogP contribution in [0.5, 0.6) is 11.5 Å². The number of carbonyl (C=O) groups is 1. The van der Waals surface area contributed by atoms with E-state index < -0.39 is 0 Å². The zero-order chi connectivity index (χ0) is 18.5. The molecule has 0 aliphatic carbocycles. The lowest BCUT2D eigenvalue weighted by atomic mass is 10.1. The lowest BCUT2D eigenvalue weighted by Crippen LogP contribution is -2.23. The normalized spacial score (nSPS) is 11.1. The van der Waals surface area contributed by atoms with Crippen LogP contribution in [0.15, 0.2) is 54.7 Å². The van der Waals surface area contributed by atoms with E-state index in [2.05, 4.69) is 5.32 Å². The van der Waals surface area contributed by atoms with E-state index in [9.17, 15) is 15.1 Å². The summed E-state index contributed by atoms with van der Waals surface area (Å²) >= 11 is 0. The minimum atomic E-state index is -0.218. The first-order valence-corrected chi connectivity index (χ1v) is 8.19.